The van der Waals surface area contributed by atoms with E-state index in [0.717, 1.165) is 5.56 Å². The Kier molecular flexibility index (Phi) is 6.17. The molecule has 5 nitrogen and oxygen atoms in total. The van der Waals surface area contributed by atoms with Crippen LogP contribution in [0.5, 0.6) is 5.75 Å². The van der Waals surface area contributed by atoms with Gasteiger partial charge in [-0.05, 0) is 30.7 Å². The molecule has 0 bridgehead atoms. The van der Waals surface area contributed by atoms with Gasteiger partial charge in [-0.2, -0.15) is 0 Å². The minimum Gasteiger partial charge on any atom is -0.489 e. The fourth-order valence-corrected chi connectivity index (χ4v) is 2.48. The summed E-state index contributed by atoms with van der Waals surface area (Å²) in [6, 6.07) is 15.0. The zero-order chi connectivity index (χ0) is 18.4. The number of amides is 1. The molecule has 0 heterocycles. The monoisotopic (exact) mass is 341 g/mol. The van der Waals surface area contributed by atoms with E-state index in [1.165, 1.54) is 10.5 Å². The molecule has 0 spiro atoms. The van der Waals surface area contributed by atoms with E-state index < -0.39 is 11.9 Å². The zero-order valence-corrected chi connectivity index (χ0v) is 14.7. The summed E-state index contributed by atoms with van der Waals surface area (Å²) in [6.45, 7) is 4.18. The highest BCUT2D eigenvalue weighted by molar-refractivity contribution is 5.94. The van der Waals surface area contributed by atoms with Crippen LogP contribution in [0.4, 0.5) is 0 Å². The molecule has 5 heteroatoms. The lowest BCUT2D eigenvalue weighted by atomic mass is 10.1. The number of ether oxygens (including phenoxy) is 1. The predicted molar refractivity (Wildman–Crippen MR) is 95.7 cm³/mol. The molecular formula is C20H23NO4. The molecule has 0 aliphatic heterocycles. The highest BCUT2D eigenvalue weighted by Crippen LogP contribution is 2.17. The molecule has 1 unspecified atom stereocenters. The van der Waals surface area contributed by atoms with E-state index in [4.69, 9.17) is 9.84 Å². The maximum absolute atomic E-state index is 12.5. The third-order valence-electron chi connectivity index (χ3n) is 3.88. The van der Waals surface area contributed by atoms with E-state index in [9.17, 15) is 9.59 Å². The topological polar surface area (TPSA) is 66.8 Å². The number of hydrogen-bond acceptors (Lipinski definition) is 3. The van der Waals surface area contributed by atoms with Gasteiger partial charge in [0.05, 0.1) is 5.92 Å². The van der Waals surface area contributed by atoms with Crippen molar-refractivity contribution in [3.05, 3.63) is 65.2 Å². The number of aryl methyl sites for hydroxylation is 1. The van der Waals surface area contributed by atoms with Crippen LogP contribution in [-0.4, -0.2) is 35.5 Å². The van der Waals surface area contributed by atoms with Crippen LogP contribution >= 0.6 is 0 Å². The Bertz CT molecular complexity index is 757. The first-order valence-electron chi connectivity index (χ1n) is 8.13. The molecule has 0 saturated carbocycles. The Hall–Kier alpha value is -2.82. The Morgan fingerprint density at radius 1 is 1.16 bits per heavy atom. The van der Waals surface area contributed by atoms with Crippen molar-refractivity contribution in [2.24, 2.45) is 5.92 Å². The van der Waals surface area contributed by atoms with Crippen molar-refractivity contribution in [3.63, 3.8) is 0 Å². The van der Waals surface area contributed by atoms with Crippen LogP contribution < -0.4 is 4.74 Å². The standard InChI is InChI=1S/C20H23NO4/c1-14-6-4-7-16(10-14)13-25-18-9-5-8-17(11-18)19(22)21(3)12-15(2)20(23)24/h4-11,15H,12-13H2,1-3H3,(H,23,24). The summed E-state index contributed by atoms with van der Waals surface area (Å²) in [6.07, 6.45) is 0. The minimum atomic E-state index is -0.921. The first kappa shape index (κ1) is 18.5. The molecule has 2 aromatic rings. The number of aliphatic carboxylic acids is 1. The molecule has 0 aliphatic carbocycles. The molecule has 2 aromatic carbocycles. The van der Waals surface area contributed by atoms with E-state index >= 15 is 0 Å². The van der Waals surface area contributed by atoms with E-state index in [2.05, 4.69) is 6.07 Å². The van der Waals surface area contributed by atoms with Gasteiger partial charge in [-0.3, -0.25) is 9.59 Å². The zero-order valence-electron chi connectivity index (χ0n) is 14.7. The van der Waals surface area contributed by atoms with Crippen LogP contribution in [0.2, 0.25) is 0 Å². The Morgan fingerprint density at radius 2 is 1.88 bits per heavy atom. The predicted octanol–water partition coefficient (Wildman–Crippen LogP) is 3.37. The first-order chi connectivity index (χ1) is 11.9. The average Bonchev–Trinajstić information content (AvgIpc) is 2.59. The SMILES string of the molecule is Cc1cccc(COc2cccc(C(=O)N(C)CC(C)C(=O)O)c2)c1. The number of carbonyl (C=O) groups excluding carboxylic acids is 1. The summed E-state index contributed by atoms with van der Waals surface area (Å²) >= 11 is 0. The molecular weight excluding hydrogens is 318 g/mol. The third kappa shape index (κ3) is 5.35. The summed E-state index contributed by atoms with van der Waals surface area (Å²) in [4.78, 5) is 24.8. The number of carboxylic acid groups (broad SMARTS) is 1. The van der Waals surface area contributed by atoms with Gasteiger partial charge in [-0.25, -0.2) is 0 Å². The van der Waals surface area contributed by atoms with Crippen molar-refractivity contribution in [2.45, 2.75) is 20.5 Å². The minimum absolute atomic E-state index is 0.155. The van der Waals surface area contributed by atoms with Crippen molar-refractivity contribution in [1.82, 2.24) is 4.90 Å². The summed E-state index contributed by atoms with van der Waals surface area (Å²) < 4.78 is 5.77. The highest BCUT2D eigenvalue weighted by atomic mass is 16.5. The molecule has 1 atom stereocenters. The second kappa shape index (κ2) is 8.33. The Balaban J connectivity index is 2.02. The van der Waals surface area contributed by atoms with Gasteiger partial charge in [0.15, 0.2) is 0 Å². The van der Waals surface area contributed by atoms with E-state index in [0.29, 0.717) is 17.9 Å². The van der Waals surface area contributed by atoms with E-state index in [1.54, 1.807) is 38.2 Å². The molecule has 2 rings (SSSR count). The maximum Gasteiger partial charge on any atom is 0.308 e. The van der Waals surface area contributed by atoms with Gasteiger partial charge in [-0.1, -0.05) is 42.8 Å². The quantitative estimate of drug-likeness (QED) is 0.838. The van der Waals surface area contributed by atoms with Crippen molar-refractivity contribution in [2.75, 3.05) is 13.6 Å². The first-order valence-corrected chi connectivity index (χ1v) is 8.13. The molecule has 0 fully saturated rings. The molecule has 132 valence electrons. The van der Waals surface area contributed by atoms with Crippen LogP contribution in [0, 0.1) is 12.8 Å². The van der Waals surface area contributed by atoms with Gasteiger partial charge in [0.2, 0.25) is 0 Å². The second-order valence-corrected chi connectivity index (χ2v) is 6.23. The van der Waals surface area contributed by atoms with Crippen LogP contribution in [0.3, 0.4) is 0 Å². The van der Waals surface area contributed by atoms with E-state index in [1.807, 2.05) is 25.1 Å². The highest BCUT2D eigenvalue weighted by Gasteiger charge is 2.18. The van der Waals surface area contributed by atoms with Crippen LogP contribution in [0.1, 0.15) is 28.4 Å². The molecule has 1 amide bonds. The Labute approximate surface area is 147 Å². The Morgan fingerprint density at radius 3 is 2.56 bits per heavy atom. The van der Waals surface area contributed by atoms with Gasteiger partial charge in [0.25, 0.3) is 5.91 Å². The molecule has 0 aliphatic rings. The smallest absolute Gasteiger partial charge is 0.308 e. The number of carboxylic acids is 1. The normalized spacial score (nSPS) is 11.6. The fourth-order valence-electron chi connectivity index (χ4n) is 2.48. The summed E-state index contributed by atoms with van der Waals surface area (Å²) in [5, 5.41) is 8.97. The lowest BCUT2D eigenvalue weighted by Gasteiger charge is -2.19. The number of rotatable bonds is 7. The summed E-state index contributed by atoms with van der Waals surface area (Å²) in [7, 11) is 1.60. The van der Waals surface area contributed by atoms with E-state index in [-0.39, 0.29) is 12.5 Å². The van der Waals surface area contributed by atoms with Gasteiger partial charge in [0.1, 0.15) is 12.4 Å². The number of benzene rings is 2. The molecule has 0 saturated heterocycles. The molecule has 0 radical (unpaired) electrons. The largest absolute Gasteiger partial charge is 0.489 e. The summed E-state index contributed by atoms with van der Waals surface area (Å²) in [5.41, 5.74) is 2.70. The van der Waals surface area contributed by atoms with Gasteiger partial charge in [0, 0.05) is 19.2 Å². The second-order valence-electron chi connectivity index (χ2n) is 6.23. The van der Waals surface area contributed by atoms with Crippen molar-refractivity contribution >= 4 is 11.9 Å². The van der Waals surface area contributed by atoms with Crippen molar-refractivity contribution < 1.29 is 19.4 Å². The van der Waals surface area contributed by atoms with Gasteiger partial charge in [-0.15, -0.1) is 0 Å². The molecule has 0 aromatic heterocycles. The maximum atomic E-state index is 12.5. The van der Waals surface area contributed by atoms with Gasteiger partial charge >= 0.3 is 5.97 Å². The third-order valence-corrected chi connectivity index (χ3v) is 3.88. The van der Waals surface area contributed by atoms with Crippen LogP contribution in [0.25, 0.3) is 0 Å². The van der Waals surface area contributed by atoms with Gasteiger partial charge < -0.3 is 14.7 Å². The number of nitrogens with zero attached hydrogens (tertiary/aromatic N) is 1. The summed E-state index contributed by atoms with van der Waals surface area (Å²) in [5.74, 6) is -1.16. The fraction of sp³-hybridized carbons (Fsp3) is 0.300. The van der Waals surface area contributed by atoms with Crippen molar-refractivity contribution in [3.8, 4) is 5.75 Å². The lowest BCUT2D eigenvalue weighted by Crippen LogP contribution is -2.33. The van der Waals surface area contributed by atoms with Crippen molar-refractivity contribution in [1.29, 1.82) is 0 Å². The number of carbonyl (C=O) groups is 2. The van der Waals surface area contributed by atoms with Crippen LogP contribution in [0.15, 0.2) is 48.5 Å². The van der Waals surface area contributed by atoms with Crippen LogP contribution in [-0.2, 0) is 11.4 Å². The molecule has 25 heavy (non-hydrogen) atoms. The average molecular weight is 341 g/mol. The lowest BCUT2D eigenvalue weighted by molar-refractivity contribution is -0.141. The molecule has 1 N–H and O–H groups in total. The number of hydrogen-bond donors (Lipinski definition) is 1.